The molecule has 8 nitrogen and oxygen atoms in total. The fraction of sp³-hybridized carbons (Fsp3) is 0.565. The SMILES string of the molecule is CCn1c(C(C)N2Cc3ccccc3C2)ncc(OCC2CCN(S(C)(=O)=O)CC2)c1=O. The van der Waals surface area contributed by atoms with Gasteiger partial charge in [0, 0.05) is 32.7 Å². The fourth-order valence-corrected chi connectivity index (χ4v) is 5.51. The highest BCUT2D eigenvalue weighted by Crippen LogP contribution is 2.30. The molecule has 1 unspecified atom stereocenters. The maximum absolute atomic E-state index is 13.1. The van der Waals surface area contributed by atoms with E-state index in [4.69, 9.17) is 4.74 Å². The first-order chi connectivity index (χ1) is 15.3. The molecule has 9 heteroatoms. The third-order valence-electron chi connectivity index (χ3n) is 6.67. The van der Waals surface area contributed by atoms with Crippen LogP contribution in [0.1, 0.15) is 49.7 Å². The molecule has 0 amide bonds. The van der Waals surface area contributed by atoms with Gasteiger partial charge in [-0.2, -0.15) is 0 Å². The van der Waals surface area contributed by atoms with Crippen LogP contribution in [0.4, 0.5) is 0 Å². The minimum atomic E-state index is -3.14. The molecule has 1 aromatic heterocycles. The lowest BCUT2D eigenvalue weighted by molar-refractivity contribution is 0.180. The predicted octanol–water partition coefficient (Wildman–Crippen LogP) is 2.39. The summed E-state index contributed by atoms with van der Waals surface area (Å²) in [5, 5.41) is 0. The number of rotatable bonds is 7. The Morgan fingerprint density at radius 2 is 1.78 bits per heavy atom. The molecule has 0 N–H and O–H groups in total. The molecule has 1 fully saturated rings. The summed E-state index contributed by atoms with van der Waals surface area (Å²) in [6.07, 6.45) is 4.25. The van der Waals surface area contributed by atoms with E-state index in [1.165, 1.54) is 21.7 Å². The van der Waals surface area contributed by atoms with Crippen LogP contribution in [0.2, 0.25) is 0 Å². The van der Waals surface area contributed by atoms with Crippen LogP contribution in [-0.2, 0) is 29.7 Å². The highest BCUT2D eigenvalue weighted by Gasteiger charge is 2.28. The minimum Gasteiger partial charge on any atom is -0.486 e. The van der Waals surface area contributed by atoms with Gasteiger partial charge < -0.3 is 4.74 Å². The molecule has 1 aromatic carbocycles. The Morgan fingerprint density at radius 3 is 2.34 bits per heavy atom. The summed E-state index contributed by atoms with van der Waals surface area (Å²) >= 11 is 0. The summed E-state index contributed by atoms with van der Waals surface area (Å²) < 4.78 is 32.4. The van der Waals surface area contributed by atoms with Crippen molar-refractivity contribution < 1.29 is 13.2 Å². The molecule has 174 valence electrons. The topological polar surface area (TPSA) is 84.7 Å². The summed E-state index contributed by atoms with van der Waals surface area (Å²) in [7, 11) is -3.14. The maximum atomic E-state index is 13.1. The zero-order chi connectivity index (χ0) is 22.9. The predicted molar refractivity (Wildman–Crippen MR) is 123 cm³/mol. The Balaban J connectivity index is 1.42. The molecule has 2 aliphatic heterocycles. The molecule has 4 rings (SSSR count). The Kier molecular flexibility index (Phi) is 6.69. The molecular formula is C23H32N4O4S. The van der Waals surface area contributed by atoms with Crippen LogP contribution < -0.4 is 10.3 Å². The van der Waals surface area contributed by atoms with Crippen LogP contribution in [0.5, 0.6) is 5.75 Å². The van der Waals surface area contributed by atoms with Crippen LogP contribution in [0.25, 0.3) is 0 Å². The number of fused-ring (bicyclic) bond motifs is 1. The van der Waals surface area contributed by atoms with Crippen molar-refractivity contribution in [1.82, 2.24) is 18.8 Å². The Bertz CT molecular complexity index is 1100. The van der Waals surface area contributed by atoms with Gasteiger partial charge in [0.05, 0.1) is 25.1 Å². The molecule has 0 bridgehead atoms. The van der Waals surface area contributed by atoms with E-state index >= 15 is 0 Å². The minimum absolute atomic E-state index is 0.00409. The normalized spacial score (nSPS) is 19.1. The van der Waals surface area contributed by atoms with Crippen molar-refractivity contribution in [2.75, 3.05) is 26.0 Å². The second-order valence-electron chi connectivity index (χ2n) is 8.80. The number of nitrogens with zero attached hydrogens (tertiary/aromatic N) is 4. The molecule has 0 spiro atoms. The van der Waals surface area contributed by atoms with Gasteiger partial charge in [0.1, 0.15) is 5.82 Å². The van der Waals surface area contributed by atoms with Gasteiger partial charge in [0.2, 0.25) is 15.8 Å². The summed E-state index contributed by atoms with van der Waals surface area (Å²) in [5.41, 5.74) is 2.49. The van der Waals surface area contributed by atoms with Gasteiger partial charge in [-0.05, 0) is 43.7 Å². The number of sulfonamides is 1. The largest absolute Gasteiger partial charge is 0.486 e. The van der Waals surface area contributed by atoms with Gasteiger partial charge >= 0.3 is 0 Å². The molecule has 2 aliphatic rings. The highest BCUT2D eigenvalue weighted by atomic mass is 32.2. The lowest BCUT2D eigenvalue weighted by atomic mass is 9.99. The Hall–Kier alpha value is -2.23. The van der Waals surface area contributed by atoms with Crippen LogP contribution in [0, 0.1) is 5.92 Å². The third kappa shape index (κ3) is 4.74. The Labute approximate surface area is 189 Å². The van der Waals surface area contributed by atoms with Crippen molar-refractivity contribution in [3.63, 3.8) is 0 Å². The molecule has 1 atom stereocenters. The van der Waals surface area contributed by atoms with E-state index < -0.39 is 10.0 Å². The quantitative estimate of drug-likeness (QED) is 0.631. The molecule has 32 heavy (non-hydrogen) atoms. The monoisotopic (exact) mass is 460 g/mol. The highest BCUT2D eigenvalue weighted by molar-refractivity contribution is 7.88. The van der Waals surface area contributed by atoms with Crippen molar-refractivity contribution in [3.8, 4) is 5.75 Å². The van der Waals surface area contributed by atoms with Crippen LogP contribution in [0.15, 0.2) is 35.3 Å². The average Bonchev–Trinajstić information content (AvgIpc) is 3.21. The molecule has 0 saturated carbocycles. The van der Waals surface area contributed by atoms with Gasteiger partial charge in [-0.25, -0.2) is 17.7 Å². The standard InChI is InChI=1S/C23H32N4O4S/c1-4-27-22(17(2)25-14-19-7-5-6-8-20(19)15-25)24-13-21(23(27)28)31-16-18-9-11-26(12-10-18)32(3,29)30/h5-8,13,17-18H,4,9-12,14-16H2,1-3H3. The van der Waals surface area contributed by atoms with Crippen molar-refractivity contribution in [1.29, 1.82) is 0 Å². The molecule has 3 heterocycles. The number of piperidine rings is 1. The molecular weight excluding hydrogens is 428 g/mol. The van der Waals surface area contributed by atoms with Gasteiger partial charge in [0.25, 0.3) is 5.56 Å². The van der Waals surface area contributed by atoms with Crippen LogP contribution in [-0.4, -0.2) is 53.1 Å². The van der Waals surface area contributed by atoms with Gasteiger partial charge in [-0.1, -0.05) is 24.3 Å². The first-order valence-corrected chi connectivity index (χ1v) is 13.1. The number of ether oxygens (including phenoxy) is 1. The molecule has 1 saturated heterocycles. The first kappa shape index (κ1) is 22.9. The van der Waals surface area contributed by atoms with Gasteiger partial charge in [0.15, 0.2) is 0 Å². The van der Waals surface area contributed by atoms with Gasteiger partial charge in [-0.15, -0.1) is 0 Å². The summed E-state index contributed by atoms with van der Waals surface area (Å²) in [4.78, 5) is 20.1. The maximum Gasteiger partial charge on any atom is 0.295 e. The zero-order valence-electron chi connectivity index (χ0n) is 19.0. The van der Waals surface area contributed by atoms with E-state index in [0.29, 0.717) is 26.2 Å². The molecule has 2 aromatic rings. The average molecular weight is 461 g/mol. The summed E-state index contributed by atoms with van der Waals surface area (Å²) in [6, 6.07) is 8.43. The zero-order valence-corrected chi connectivity index (χ0v) is 19.8. The lowest BCUT2D eigenvalue weighted by Gasteiger charge is -2.30. The van der Waals surface area contributed by atoms with E-state index in [1.807, 2.05) is 6.92 Å². The number of hydrogen-bond donors (Lipinski definition) is 0. The van der Waals surface area contributed by atoms with Crippen LogP contribution >= 0.6 is 0 Å². The van der Waals surface area contributed by atoms with E-state index in [2.05, 4.69) is 41.1 Å². The number of benzene rings is 1. The second kappa shape index (κ2) is 9.33. The smallest absolute Gasteiger partial charge is 0.295 e. The van der Waals surface area contributed by atoms with E-state index in [1.54, 1.807) is 10.8 Å². The van der Waals surface area contributed by atoms with Crippen molar-refractivity contribution >= 4 is 10.0 Å². The van der Waals surface area contributed by atoms with Crippen molar-refractivity contribution in [2.24, 2.45) is 5.92 Å². The van der Waals surface area contributed by atoms with Crippen molar-refractivity contribution in [2.45, 2.75) is 52.4 Å². The number of hydrogen-bond acceptors (Lipinski definition) is 6. The third-order valence-corrected chi connectivity index (χ3v) is 7.97. The Morgan fingerprint density at radius 1 is 1.16 bits per heavy atom. The van der Waals surface area contributed by atoms with Gasteiger partial charge in [-0.3, -0.25) is 14.3 Å². The van der Waals surface area contributed by atoms with E-state index in [-0.39, 0.29) is 23.3 Å². The number of aromatic nitrogens is 2. The second-order valence-corrected chi connectivity index (χ2v) is 10.8. The first-order valence-electron chi connectivity index (χ1n) is 11.3. The lowest BCUT2D eigenvalue weighted by Crippen LogP contribution is -2.39. The molecule has 0 radical (unpaired) electrons. The van der Waals surface area contributed by atoms with Crippen LogP contribution in [0.3, 0.4) is 0 Å². The van der Waals surface area contributed by atoms with E-state index in [0.717, 1.165) is 31.8 Å². The summed E-state index contributed by atoms with van der Waals surface area (Å²) in [5.74, 6) is 1.24. The molecule has 0 aliphatic carbocycles. The van der Waals surface area contributed by atoms with E-state index in [9.17, 15) is 13.2 Å². The summed E-state index contributed by atoms with van der Waals surface area (Å²) in [6.45, 7) is 7.66. The fourth-order valence-electron chi connectivity index (χ4n) is 4.64. The van der Waals surface area contributed by atoms with Crippen molar-refractivity contribution in [3.05, 3.63) is 57.8 Å².